The van der Waals surface area contributed by atoms with Gasteiger partial charge in [-0.3, -0.25) is 4.72 Å². The first-order chi connectivity index (χ1) is 12.9. The van der Waals surface area contributed by atoms with Crippen LogP contribution in [0.3, 0.4) is 0 Å². The molecule has 0 spiro atoms. The molecule has 1 aliphatic rings. The SMILES string of the molecule is Cc1ccc(NC(=S)NCC2CCCO2)cc1S(=O)(=O)Nc1ccccc1. The molecule has 27 heavy (non-hydrogen) atoms. The number of rotatable bonds is 6. The quantitative estimate of drug-likeness (QED) is 0.640. The molecule has 1 saturated heterocycles. The molecule has 1 unspecified atom stereocenters. The smallest absolute Gasteiger partial charge is 0.262 e. The summed E-state index contributed by atoms with van der Waals surface area (Å²) in [5, 5.41) is 6.60. The minimum absolute atomic E-state index is 0.175. The van der Waals surface area contributed by atoms with Crippen molar-refractivity contribution in [2.45, 2.75) is 30.8 Å². The van der Waals surface area contributed by atoms with Crippen LogP contribution in [0.1, 0.15) is 18.4 Å². The van der Waals surface area contributed by atoms with Crippen molar-refractivity contribution in [2.24, 2.45) is 0 Å². The lowest BCUT2D eigenvalue weighted by atomic mass is 10.2. The van der Waals surface area contributed by atoms with Gasteiger partial charge in [-0.2, -0.15) is 0 Å². The van der Waals surface area contributed by atoms with Crippen LogP contribution in [0.5, 0.6) is 0 Å². The summed E-state index contributed by atoms with van der Waals surface area (Å²) >= 11 is 5.30. The lowest BCUT2D eigenvalue weighted by Gasteiger charge is -2.16. The molecule has 0 aromatic heterocycles. The third kappa shape index (κ3) is 5.41. The average molecular weight is 406 g/mol. The second-order valence-corrected chi connectivity index (χ2v) is 8.48. The Bertz CT molecular complexity index is 896. The van der Waals surface area contributed by atoms with Gasteiger partial charge in [0.2, 0.25) is 0 Å². The van der Waals surface area contributed by atoms with E-state index in [1.54, 1.807) is 49.4 Å². The molecule has 0 bridgehead atoms. The van der Waals surface area contributed by atoms with Crippen molar-refractivity contribution in [3.63, 3.8) is 0 Å². The maximum atomic E-state index is 12.8. The lowest BCUT2D eigenvalue weighted by molar-refractivity contribution is 0.114. The lowest BCUT2D eigenvalue weighted by Crippen LogP contribution is -2.34. The van der Waals surface area contributed by atoms with Crippen LogP contribution >= 0.6 is 12.2 Å². The van der Waals surface area contributed by atoms with Crippen molar-refractivity contribution >= 4 is 38.7 Å². The fourth-order valence-corrected chi connectivity index (χ4v) is 4.40. The van der Waals surface area contributed by atoms with E-state index in [9.17, 15) is 8.42 Å². The van der Waals surface area contributed by atoms with E-state index >= 15 is 0 Å². The van der Waals surface area contributed by atoms with Crippen molar-refractivity contribution in [2.75, 3.05) is 23.2 Å². The second kappa shape index (κ2) is 8.69. The van der Waals surface area contributed by atoms with E-state index in [2.05, 4.69) is 15.4 Å². The zero-order valence-corrected chi connectivity index (χ0v) is 16.7. The normalized spacial score (nSPS) is 16.7. The van der Waals surface area contributed by atoms with Crippen LogP contribution in [0.15, 0.2) is 53.4 Å². The van der Waals surface area contributed by atoms with Gasteiger partial charge in [0, 0.05) is 24.5 Å². The molecule has 1 fully saturated rings. The van der Waals surface area contributed by atoms with Gasteiger partial charge < -0.3 is 15.4 Å². The Morgan fingerprint density at radius 1 is 1.19 bits per heavy atom. The molecule has 1 atom stereocenters. The van der Waals surface area contributed by atoms with Crippen LogP contribution in [0.2, 0.25) is 0 Å². The Hall–Kier alpha value is -2.16. The van der Waals surface area contributed by atoms with Crippen LogP contribution < -0.4 is 15.4 Å². The molecule has 0 radical (unpaired) electrons. The van der Waals surface area contributed by atoms with Gasteiger partial charge in [-0.1, -0.05) is 24.3 Å². The highest BCUT2D eigenvalue weighted by molar-refractivity contribution is 7.92. The number of nitrogens with one attached hydrogen (secondary N) is 3. The number of anilines is 2. The molecule has 0 aliphatic carbocycles. The van der Waals surface area contributed by atoms with Crippen molar-refractivity contribution in [3.8, 4) is 0 Å². The van der Waals surface area contributed by atoms with Crippen LogP contribution in [0.4, 0.5) is 11.4 Å². The standard InChI is InChI=1S/C19H23N3O3S2/c1-14-9-10-16(21-19(26)20-13-17-8-5-11-25-17)12-18(14)27(23,24)22-15-6-3-2-4-7-15/h2-4,6-7,9-10,12,17,22H,5,8,11,13H2,1H3,(H2,20,21,26). The zero-order chi connectivity index (χ0) is 19.3. The van der Waals surface area contributed by atoms with Gasteiger partial charge in [-0.25, -0.2) is 8.42 Å². The van der Waals surface area contributed by atoms with Gasteiger partial charge in [0.1, 0.15) is 0 Å². The van der Waals surface area contributed by atoms with Crippen molar-refractivity contribution in [1.29, 1.82) is 0 Å². The maximum absolute atomic E-state index is 12.8. The average Bonchev–Trinajstić information content (AvgIpc) is 3.15. The summed E-state index contributed by atoms with van der Waals surface area (Å²) in [6, 6.07) is 13.9. The molecular formula is C19H23N3O3S2. The number of benzene rings is 2. The highest BCUT2D eigenvalue weighted by Crippen LogP contribution is 2.23. The highest BCUT2D eigenvalue weighted by atomic mass is 32.2. The van der Waals surface area contributed by atoms with Gasteiger partial charge >= 0.3 is 0 Å². The number of thiocarbonyl (C=S) groups is 1. The van der Waals surface area contributed by atoms with Crippen molar-refractivity contribution in [3.05, 3.63) is 54.1 Å². The largest absolute Gasteiger partial charge is 0.376 e. The Balaban J connectivity index is 1.68. The molecule has 2 aromatic rings. The fraction of sp³-hybridized carbons (Fsp3) is 0.316. The second-order valence-electron chi connectivity index (χ2n) is 6.42. The number of para-hydroxylation sites is 1. The molecule has 6 nitrogen and oxygen atoms in total. The first-order valence-electron chi connectivity index (χ1n) is 8.79. The third-order valence-corrected chi connectivity index (χ3v) is 6.05. The first kappa shape index (κ1) is 19.6. The number of hydrogen-bond donors (Lipinski definition) is 3. The van der Waals surface area contributed by atoms with E-state index in [0.29, 0.717) is 28.6 Å². The summed E-state index contributed by atoms with van der Waals surface area (Å²) in [4.78, 5) is 0.207. The molecule has 0 saturated carbocycles. The van der Waals surface area contributed by atoms with Crippen LogP contribution in [0, 0.1) is 6.92 Å². The predicted molar refractivity (Wildman–Crippen MR) is 112 cm³/mol. The predicted octanol–water partition coefficient (Wildman–Crippen LogP) is 3.26. The van der Waals surface area contributed by atoms with E-state index in [-0.39, 0.29) is 11.0 Å². The molecule has 0 amide bonds. The number of ether oxygens (including phenoxy) is 1. The Kier molecular flexibility index (Phi) is 6.30. The minimum Gasteiger partial charge on any atom is -0.376 e. The molecule has 3 N–H and O–H groups in total. The number of sulfonamides is 1. The molecule has 2 aromatic carbocycles. The first-order valence-corrected chi connectivity index (χ1v) is 10.7. The van der Waals surface area contributed by atoms with Crippen LogP contribution in [-0.2, 0) is 14.8 Å². The Morgan fingerprint density at radius 3 is 2.67 bits per heavy atom. The van der Waals surface area contributed by atoms with Gasteiger partial charge in [-0.05, 0) is 61.8 Å². The van der Waals surface area contributed by atoms with Gasteiger partial charge in [-0.15, -0.1) is 0 Å². The van der Waals surface area contributed by atoms with Crippen LogP contribution in [-0.4, -0.2) is 32.8 Å². The summed E-state index contributed by atoms with van der Waals surface area (Å²) in [7, 11) is -3.70. The monoisotopic (exact) mass is 405 g/mol. The highest BCUT2D eigenvalue weighted by Gasteiger charge is 2.18. The molecule has 8 heteroatoms. The Labute approximate surface area is 165 Å². The summed E-state index contributed by atoms with van der Waals surface area (Å²) < 4.78 is 33.7. The summed E-state index contributed by atoms with van der Waals surface area (Å²) in [5.41, 5.74) is 1.78. The van der Waals surface area contributed by atoms with E-state index in [1.165, 1.54) is 0 Å². The van der Waals surface area contributed by atoms with Crippen LogP contribution in [0.25, 0.3) is 0 Å². The van der Waals surface area contributed by atoms with E-state index < -0.39 is 10.0 Å². The molecule has 1 heterocycles. The minimum atomic E-state index is -3.70. The Morgan fingerprint density at radius 2 is 1.96 bits per heavy atom. The van der Waals surface area contributed by atoms with Gasteiger partial charge in [0.05, 0.1) is 11.0 Å². The van der Waals surface area contributed by atoms with E-state index in [1.807, 2.05) is 6.07 Å². The van der Waals surface area contributed by atoms with E-state index in [4.69, 9.17) is 17.0 Å². The number of hydrogen-bond acceptors (Lipinski definition) is 4. The van der Waals surface area contributed by atoms with Gasteiger partial charge in [0.15, 0.2) is 5.11 Å². The van der Waals surface area contributed by atoms with E-state index in [0.717, 1.165) is 19.4 Å². The number of aryl methyl sites for hydroxylation is 1. The topological polar surface area (TPSA) is 79.5 Å². The zero-order valence-electron chi connectivity index (χ0n) is 15.1. The third-order valence-electron chi connectivity index (χ3n) is 4.28. The maximum Gasteiger partial charge on any atom is 0.262 e. The summed E-state index contributed by atoms with van der Waals surface area (Å²) in [6.07, 6.45) is 2.27. The van der Waals surface area contributed by atoms with Crippen molar-refractivity contribution in [1.82, 2.24) is 5.32 Å². The molecule has 144 valence electrons. The molecule has 1 aliphatic heterocycles. The van der Waals surface area contributed by atoms with Crippen molar-refractivity contribution < 1.29 is 13.2 Å². The summed E-state index contributed by atoms with van der Waals surface area (Å²) in [6.45, 7) is 3.19. The molecule has 3 rings (SSSR count). The fourth-order valence-electron chi connectivity index (χ4n) is 2.87. The van der Waals surface area contributed by atoms with Gasteiger partial charge in [0.25, 0.3) is 10.0 Å². The summed E-state index contributed by atoms with van der Waals surface area (Å²) in [5.74, 6) is 0. The molecular weight excluding hydrogens is 382 g/mol.